The van der Waals surface area contributed by atoms with E-state index in [1.54, 1.807) is 42.5 Å². The number of hydrogen-bond acceptors (Lipinski definition) is 6. The Morgan fingerprint density at radius 3 is 2.64 bits per heavy atom. The van der Waals surface area contributed by atoms with E-state index in [1.165, 1.54) is 6.21 Å². The van der Waals surface area contributed by atoms with Gasteiger partial charge in [0.05, 0.1) is 28.1 Å². The zero-order chi connectivity index (χ0) is 23.6. The third-order valence-corrected chi connectivity index (χ3v) is 5.39. The third-order valence-electron chi connectivity index (χ3n) is 4.58. The lowest BCUT2D eigenvalue weighted by molar-refractivity contribution is -0.139. The van der Waals surface area contributed by atoms with Crippen molar-refractivity contribution in [3.8, 4) is 5.75 Å². The zero-order valence-corrected chi connectivity index (χ0v) is 19.0. The van der Waals surface area contributed by atoms with E-state index in [4.69, 9.17) is 32.7 Å². The van der Waals surface area contributed by atoms with Gasteiger partial charge in [0.2, 0.25) is 0 Å². The zero-order valence-electron chi connectivity index (χ0n) is 17.5. The molecule has 3 amide bonds. The average molecular weight is 493 g/mol. The van der Waals surface area contributed by atoms with Crippen molar-refractivity contribution >= 4 is 52.8 Å². The summed E-state index contributed by atoms with van der Waals surface area (Å²) < 4.78 is 10.8. The molecule has 1 aliphatic heterocycles. The summed E-state index contributed by atoms with van der Waals surface area (Å²) in [5, 5.41) is 9.49. The van der Waals surface area contributed by atoms with Crippen molar-refractivity contribution in [2.24, 2.45) is 5.10 Å². The first kappa shape index (κ1) is 24.5. The number of amides is 3. The number of hydrazone groups is 1. The van der Waals surface area contributed by atoms with E-state index in [2.05, 4.69) is 21.2 Å². The highest BCUT2D eigenvalue weighted by Gasteiger charge is 2.19. The molecular formula is C22H22Cl2N4O5. The van der Waals surface area contributed by atoms with E-state index >= 15 is 0 Å². The molecule has 2 aromatic rings. The highest BCUT2D eigenvalue weighted by atomic mass is 35.5. The van der Waals surface area contributed by atoms with Gasteiger partial charge in [0.1, 0.15) is 5.75 Å². The van der Waals surface area contributed by atoms with Crippen molar-refractivity contribution in [3.63, 3.8) is 0 Å². The van der Waals surface area contributed by atoms with Gasteiger partial charge in [-0.05, 0) is 54.8 Å². The Kier molecular flexibility index (Phi) is 9.05. The number of carbonyl (C=O) groups excluding carboxylic acids is 3. The predicted molar refractivity (Wildman–Crippen MR) is 125 cm³/mol. The van der Waals surface area contributed by atoms with Crippen LogP contribution < -0.4 is 20.8 Å². The first-order valence-electron chi connectivity index (χ1n) is 10.1. The van der Waals surface area contributed by atoms with E-state index in [0.29, 0.717) is 35.2 Å². The lowest BCUT2D eigenvalue weighted by Gasteiger charge is -2.10. The van der Waals surface area contributed by atoms with Gasteiger partial charge in [0, 0.05) is 13.2 Å². The number of anilines is 1. The lowest BCUT2D eigenvalue weighted by atomic mass is 10.2. The average Bonchev–Trinajstić information content (AvgIpc) is 3.33. The van der Waals surface area contributed by atoms with Gasteiger partial charge in [0.25, 0.3) is 5.91 Å². The monoisotopic (exact) mass is 492 g/mol. The largest absolute Gasteiger partial charge is 0.484 e. The van der Waals surface area contributed by atoms with Gasteiger partial charge in [0.15, 0.2) is 6.61 Å². The van der Waals surface area contributed by atoms with Crippen molar-refractivity contribution in [2.45, 2.75) is 18.9 Å². The predicted octanol–water partition coefficient (Wildman–Crippen LogP) is 2.76. The van der Waals surface area contributed by atoms with E-state index in [9.17, 15) is 14.4 Å². The first-order valence-corrected chi connectivity index (χ1v) is 10.9. The van der Waals surface area contributed by atoms with Gasteiger partial charge < -0.3 is 20.1 Å². The Balaban J connectivity index is 1.39. The summed E-state index contributed by atoms with van der Waals surface area (Å²) >= 11 is 12.0. The fourth-order valence-electron chi connectivity index (χ4n) is 2.89. The van der Waals surface area contributed by atoms with Gasteiger partial charge in [-0.3, -0.25) is 14.4 Å². The Morgan fingerprint density at radius 1 is 1.12 bits per heavy atom. The van der Waals surface area contributed by atoms with Gasteiger partial charge in [-0.25, -0.2) is 5.43 Å². The SMILES string of the molecule is O=C(COc1ccc(/C=N\NC(=O)C(=O)NC[C@H]2CCCO2)cc1)Nc1cccc(Cl)c1Cl. The Bertz CT molecular complexity index is 1020. The quantitative estimate of drug-likeness (QED) is 0.297. The summed E-state index contributed by atoms with van der Waals surface area (Å²) in [6.45, 7) is 0.737. The van der Waals surface area contributed by atoms with Crippen LogP contribution in [-0.4, -0.2) is 49.8 Å². The molecule has 1 saturated heterocycles. The lowest BCUT2D eigenvalue weighted by Crippen LogP contribution is -2.41. The molecule has 1 aliphatic rings. The van der Waals surface area contributed by atoms with Gasteiger partial charge >= 0.3 is 11.8 Å². The Hall–Kier alpha value is -3.14. The number of benzene rings is 2. The summed E-state index contributed by atoms with van der Waals surface area (Å²) in [6.07, 6.45) is 3.14. The molecule has 1 atom stereocenters. The van der Waals surface area contributed by atoms with Crippen LogP contribution >= 0.6 is 23.2 Å². The van der Waals surface area contributed by atoms with Gasteiger partial charge in [-0.1, -0.05) is 29.3 Å². The van der Waals surface area contributed by atoms with Crippen LogP contribution in [-0.2, 0) is 19.1 Å². The molecule has 1 heterocycles. The summed E-state index contributed by atoms with van der Waals surface area (Å²) in [7, 11) is 0. The number of hydrogen-bond donors (Lipinski definition) is 3. The molecule has 0 aromatic heterocycles. The van der Waals surface area contributed by atoms with Crippen LogP contribution in [0.5, 0.6) is 5.75 Å². The third kappa shape index (κ3) is 7.74. The highest BCUT2D eigenvalue weighted by molar-refractivity contribution is 6.44. The normalized spacial score (nSPS) is 15.3. The molecule has 11 heteroatoms. The molecule has 174 valence electrons. The topological polar surface area (TPSA) is 118 Å². The molecule has 0 spiro atoms. The fourth-order valence-corrected chi connectivity index (χ4v) is 3.24. The summed E-state index contributed by atoms with van der Waals surface area (Å²) in [5.74, 6) is -1.58. The molecule has 0 saturated carbocycles. The molecule has 2 aromatic carbocycles. The Labute approximate surface area is 200 Å². The molecule has 3 rings (SSSR count). The second-order valence-electron chi connectivity index (χ2n) is 7.05. The second kappa shape index (κ2) is 12.2. The van der Waals surface area contributed by atoms with Crippen molar-refractivity contribution in [1.29, 1.82) is 0 Å². The van der Waals surface area contributed by atoms with E-state index in [-0.39, 0.29) is 17.7 Å². The van der Waals surface area contributed by atoms with E-state index < -0.39 is 17.7 Å². The van der Waals surface area contributed by atoms with E-state index in [0.717, 1.165) is 12.8 Å². The van der Waals surface area contributed by atoms with Crippen LogP contribution in [0.1, 0.15) is 18.4 Å². The molecule has 33 heavy (non-hydrogen) atoms. The number of ether oxygens (including phenoxy) is 2. The van der Waals surface area contributed by atoms with Crippen LogP contribution in [0.2, 0.25) is 10.0 Å². The maximum atomic E-state index is 12.1. The fraction of sp³-hybridized carbons (Fsp3) is 0.273. The molecule has 1 fully saturated rings. The van der Waals surface area contributed by atoms with Gasteiger partial charge in [-0.2, -0.15) is 5.10 Å². The standard InChI is InChI=1S/C22H22Cl2N4O5/c23-17-4-1-5-18(20(17)24)27-19(29)13-33-15-8-6-14(7-9-15)11-26-28-22(31)21(30)25-12-16-3-2-10-32-16/h1,4-9,11,16H,2-3,10,12-13H2,(H,25,30)(H,27,29)(H,28,31)/b26-11-/t16-/m1/s1. The maximum Gasteiger partial charge on any atom is 0.329 e. The van der Waals surface area contributed by atoms with Gasteiger partial charge in [-0.15, -0.1) is 0 Å². The Morgan fingerprint density at radius 2 is 1.91 bits per heavy atom. The minimum absolute atomic E-state index is 0.0494. The number of carbonyl (C=O) groups is 3. The number of rotatable bonds is 8. The summed E-state index contributed by atoms with van der Waals surface area (Å²) in [5.41, 5.74) is 3.21. The molecule has 9 nitrogen and oxygen atoms in total. The second-order valence-corrected chi connectivity index (χ2v) is 7.84. The smallest absolute Gasteiger partial charge is 0.329 e. The molecule has 0 bridgehead atoms. The van der Waals surface area contributed by atoms with Crippen LogP contribution in [0.3, 0.4) is 0 Å². The van der Waals surface area contributed by atoms with Crippen molar-refractivity contribution < 1.29 is 23.9 Å². The summed E-state index contributed by atoms with van der Waals surface area (Å²) in [4.78, 5) is 35.6. The number of nitrogens with zero attached hydrogens (tertiary/aromatic N) is 1. The van der Waals surface area contributed by atoms with Crippen LogP contribution in [0.25, 0.3) is 0 Å². The molecule has 0 aliphatic carbocycles. The highest BCUT2D eigenvalue weighted by Crippen LogP contribution is 2.29. The minimum Gasteiger partial charge on any atom is -0.484 e. The molecular weight excluding hydrogens is 471 g/mol. The van der Waals surface area contributed by atoms with Crippen LogP contribution in [0, 0.1) is 0 Å². The molecule has 0 radical (unpaired) electrons. The number of nitrogens with one attached hydrogen (secondary N) is 3. The van der Waals surface area contributed by atoms with Crippen molar-refractivity contribution in [2.75, 3.05) is 25.1 Å². The van der Waals surface area contributed by atoms with Crippen LogP contribution in [0.4, 0.5) is 5.69 Å². The van der Waals surface area contributed by atoms with Crippen molar-refractivity contribution in [3.05, 3.63) is 58.1 Å². The summed E-state index contributed by atoms with van der Waals surface area (Å²) in [6, 6.07) is 11.5. The molecule has 0 unspecified atom stereocenters. The molecule has 3 N–H and O–H groups in total. The van der Waals surface area contributed by atoms with Crippen LogP contribution in [0.15, 0.2) is 47.6 Å². The first-order chi connectivity index (χ1) is 15.9. The minimum atomic E-state index is -0.866. The maximum absolute atomic E-state index is 12.1. The van der Waals surface area contributed by atoms with E-state index in [1.807, 2.05) is 0 Å². The number of halogens is 2. The van der Waals surface area contributed by atoms with Crippen molar-refractivity contribution in [1.82, 2.24) is 10.7 Å².